The van der Waals surface area contributed by atoms with Gasteiger partial charge in [0.1, 0.15) is 0 Å². The molecule has 1 atom stereocenters. The zero-order chi connectivity index (χ0) is 23.4. The van der Waals surface area contributed by atoms with Crippen molar-refractivity contribution < 1.29 is 27.4 Å². The van der Waals surface area contributed by atoms with E-state index >= 15 is 0 Å². The molecule has 32 heavy (non-hydrogen) atoms. The van der Waals surface area contributed by atoms with E-state index in [1.54, 1.807) is 24.5 Å². The van der Waals surface area contributed by atoms with Crippen LogP contribution in [0.4, 0.5) is 13.2 Å². The molecule has 1 aromatic carbocycles. The monoisotopic (exact) mass is 452 g/mol. The van der Waals surface area contributed by atoms with Crippen molar-refractivity contribution in [2.45, 2.75) is 71.1 Å². The summed E-state index contributed by atoms with van der Waals surface area (Å²) in [4.78, 5) is 20.9. The predicted molar refractivity (Wildman–Crippen MR) is 116 cm³/mol. The van der Waals surface area contributed by atoms with E-state index in [4.69, 9.17) is 4.74 Å². The molecule has 1 unspecified atom stereocenters. The van der Waals surface area contributed by atoms with Gasteiger partial charge < -0.3 is 9.47 Å². The molecule has 0 radical (unpaired) electrons. The van der Waals surface area contributed by atoms with E-state index in [9.17, 15) is 18.0 Å². The number of alkyl halides is 3. The fraction of sp³-hybridized carbons (Fsp3) is 0.542. The Morgan fingerprint density at radius 2 is 1.62 bits per heavy atom. The third-order valence-electron chi connectivity index (χ3n) is 4.93. The first-order valence-electron chi connectivity index (χ1n) is 11.1. The molecule has 0 saturated heterocycles. The van der Waals surface area contributed by atoms with Crippen molar-refractivity contribution in [3.05, 3.63) is 47.8 Å². The van der Waals surface area contributed by atoms with Gasteiger partial charge >= 0.3 is 12.1 Å². The van der Waals surface area contributed by atoms with Gasteiger partial charge in [-0.05, 0) is 37.0 Å². The first kappa shape index (κ1) is 25.8. The number of aryl methyl sites for hydroxylation is 1. The van der Waals surface area contributed by atoms with Crippen molar-refractivity contribution in [2.24, 2.45) is 0 Å². The van der Waals surface area contributed by atoms with Crippen molar-refractivity contribution in [1.29, 1.82) is 0 Å². The topological polar surface area (TPSA) is 61.3 Å². The SMILES string of the molecule is CCCCCCc1cnc(-c2ccc(C(=O)OC(COCCCC)C(F)(F)F)cc2)nc1. The second-order valence-corrected chi connectivity index (χ2v) is 7.67. The number of hydrogen-bond donors (Lipinski definition) is 0. The quantitative estimate of drug-likeness (QED) is 0.269. The summed E-state index contributed by atoms with van der Waals surface area (Å²) in [5.41, 5.74) is 1.74. The standard InChI is InChI=1S/C24H31F3N2O3/c1-3-5-7-8-9-18-15-28-22(29-16-18)19-10-12-20(13-11-19)23(30)32-21(24(25,26)27)17-31-14-6-4-2/h10-13,15-16,21H,3-9,14,17H2,1-2H3. The number of unbranched alkanes of at least 4 members (excludes halogenated alkanes) is 4. The van der Waals surface area contributed by atoms with Crippen molar-refractivity contribution in [3.8, 4) is 11.4 Å². The van der Waals surface area contributed by atoms with Gasteiger partial charge in [-0.2, -0.15) is 13.2 Å². The summed E-state index contributed by atoms with van der Waals surface area (Å²) in [6.45, 7) is 3.54. The van der Waals surface area contributed by atoms with Crippen LogP contribution < -0.4 is 0 Å². The minimum Gasteiger partial charge on any atom is -0.447 e. The summed E-state index contributed by atoms with van der Waals surface area (Å²) in [5.74, 6) is -0.568. The molecule has 0 aliphatic heterocycles. The number of hydrogen-bond acceptors (Lipinski definition) is 5. The van der Waals surface area contributed by atoms with Crippen LogP contribution in [0, 0.1) is 0 Å². The van der Waals surface area contributed by atoms with Crippen LogP contribution in [0.3, 0.4) is 0 Å². The Labute approximate surface area is 187 Å². The zero-order valence-corrected chi connectivity index (χ0v) is 18.7. The molecule has 2 rings (SSSR count). The van der Waals surface area contributed by atoms with Gasteiger partial charge in [0, 0.05) is 24.6 Å². The summed E-state index contributed by atoms with van der Waals surface area (Å²) in [6.07, 6.45) is 3.58. The lowest BCUT2D eigenvalue weighted by Gasteiger charge is -2.20. The second kappa shape index (κ2) is 13.2. The minimum atomic E-state index is -4.70. The van der Waals surface area contributed by atoms with Gasteiger partial charge in [0.15, 0.2) is 5.82 Å². The van der Waals surface area contributed by atoms with E-state index < -0.39 is 24.9 Å². The van der Waals surface area contributed by atoms with Crippen LogP contribution >= 0.6 is 0 Å². The average Bonchev–Trinajstić information content (AvgIpc) is 2.78. The molecule has 0 aliphatic rings. The van der Waals surface area contributed by atoms with E-state index in [1.807, 2.05) is 6.92 Å². The summed E-state index contributed by atoms with van der Waals surface area (Å²) < 4.78 is 49.2. The molecule has 0 N–H and O–H groups in total. The zero-order valence-electron chi connectivity index (χ0n) is 18.7. The maximum atomic E-state index is 13.2. The van der Waals surface area contributed by atoms with Crippen LogP contribution in [0.1, 0.15) is 68.3 Å². The van der Waals surface area contributed by atoms with Crippen molar-refractivity contribution in [2.75, 3.05) is 13.2 Å². The Bertz CT molecular complexity index is 809. The van der Waals surface area contributed by atoms with Crippen LogP contribution in [0.25, 0.3) is 11.4 Å². The molecule has 0 aliphatic carbocycles. The highest BCUT2D eigenvalue weighted by atomic mass is 19.4. The fourth-order valence-corrected chi connectivity index (χ4v) is 2.97. The molecular formula is C24H31F3N2O3. The highest BCUT2D eigenvalue weighted by molar-refractivity contribution is 5.90. The molecule has 0 saturated carbocycles. The normalized spacial score (nSPS) is 12.5. The Hall–Kier alpha value is -2.48. The van der Waals surface area contributed by atoms with Gasteiger partial charge in [-0.1, -0.05) is 51.7 Å². The molecule has 2 aromatic rings. The highest BCUT2D eigenvalue weighted by Crippen LogP contribution is 2.25. The van der Waals surface area contributed by atoms with E-state index in [0.29, 0.717) is 17.8 Å². The fourth-order valence-electron chi connectivity index (χ4n) is 2.97. The van der Waals surface area contributed by atoms with Crippen molar-refractivity contribution >= 4 is 5.97 Å². The number of rotatable bonds is 13. The summed E-state index contributed by atoms with van der Waals surface area (Å²) >= 11 is 0. The molecule has 1 aromatic heterocycles. The van der Waals surface area contributed by atoms with Gasteiger partial charge in [0.25, 0.3) is 0 Å². The molecule has 0 amide bonds. The Balaban J connectivity index is 1.96. The van der Waals surface area contributed by atoms with Gasteiger partial charge in [-0.3, -0.25) is 0 Å². The van der Waals surface area contributed by atoms with Crippen LogP contribution in [0.5, 0.6) is 0 Å². The average molecular weight is 453 g/mol. The molecule has 176 valence electrons. The maximum Gasteiger partial charge on any atom is 0.427 e. The highest BCUT2D eigenvalue weighted by Gasteiger charge is 2.43. The second-order valence-electron chi connectivity index (χ2n) is 7.67. The third-order valence-corrected chi connectivity index (χ3v) is 4.93. The summed E-state index contributed by atoms with van der Waals surface area (Å²) in [6, 6.07) is 6.00. The van der Waals surface area contributed by atoms with E-state index in [0.717, 1.165) is 24.8 Å². The van der Waals surface area contributed by atoms with Gasteiger partial charge in [-0.25, -0.2) is 14.8 Å². The van der Waals surface area contributed by atoms with Crippen LogP contribution in [-0.2, 0) is 15.9 Å². The van der Waals surface area contributed by atoms with Gasteiger partial charge in [0.2, 0.25) is 6.10 Å². The van der Waals surface area contributed by atoms with Crippen LogP contribution in [-0.4, -0.2) is 41.4 Å². The molecule has 0 bridgehead atoms. The number of esters is 1. The summed E-state index contributed by atoms with van der Waals surface area (Å²) in [7, 11) is 0. The Morgan fingerprint density at radius 1 is 0.969 bits per heavy atom. The largest absolute Gasteiger partial charge is 0.447 e. The number of halogens is 3. The van der Waals surface area contributed by atoms with Crippen molar-refractivity contribution in [1.82, 2.24) is 9.97 Å². The molecule has 1 heterocycles. The Morgan fingerprint density at radius 3 is 2.22 bits per heavy atom. The van der Waals surface area contributed by atoms with Gasteiger partial charge in [0.05, 0.1) is 12.2 Å². The molecule has 0 spiro atoms. The number of carbonyl (C=O) groups excluding carboxylic acids is 1. The van der Waals surface area contributed by atoms with Crippen LogP contribution in [0.15, 0.2) is 36.7 Å². The number of nitrogens with zero attached hydrogens (tertiary/aromatic N) is 2. The number of aromatic nitrogens is 2. The minimum absolute atomic E-state index is 0.0177. The lowest BCUT2D eigenvalue weighted by Crippen LogP contribution is -2.38. The molecule has 0 fully saturated rings. The van der Waals surface area contributed by atoms with E-state index in [1.165, 1.54) is 31.4 Å². The Kier molecular flexibility index (Phi) is 10.6. The predicted octanol–water partition coefficient (Wildman–Crippen LogP) is 6.17. The van der Waals surface area contributed by atoms with E-state index in [2.05, 4.69) is 21.6 Å². The smallest absolute Gasteiger partial charge is 0.427 e. The molecule has 5 nitrogen and oxygen atoms in total. The lowest BCUT2D eigenvalue weighted by molar-refractivity contribution is -0.217. The number of carbonyl (C=O) groups is 1. The van der Waals surface area contributed by atoms with Gasteiger partial charge in [-0.15, -0.1) is 0 Å². The van der Waals surface area contributed by atoms with Crippen LogP contribution in [0.2, 0.25) is 0 Å². The summed E-state index contributed by atoms with van der Waals surface area (Å²) in [5, 5.41) is 0. The lowest BCUT2D eigenvalue weighted by atomic mass is 10.1. The van der Waals surface area contributed by atoms with E-state index in [-0.39, 0.29) is 12.2 Å². The molecule has 8 heteroatoms. The first-order chi connectivity index (χ1) is 15.3. The first-order valence-corrected chi connectivity index (χ1v) is 11.1. The maximum absolute atomic E-state index is 13.2. The molecular weight excluding hydrogens is 421 g/mol. The third kappa shape index (κ3) is 8.57. The number of ether oxygens (including phenoxy) is 2. The number of benzene rings is 1. The van der Waals surface area contributed by atoms with Crippen molar-refractivity contribution in [3.63, 3.8) is 0 Å².